The van der Waals surface area contributed by atoms with E-state index in [0.29, 0.717) is 28.2 Å². The highest BCUT2D eigenvalue weighted by Crippen LogP contribution is 2.41. The minimum Gasteiger partial charge on any atom is -0.494 e. The molecule has 2 N–H and O–H groups in total. The van der Waals surface area contributed by atoms with Crippen molar-refractivity contribution >= 4 is 57.8 Å². The minimum absolute atomic E-state index is 0.0545. The number of aromatic carboxylic acids is 1. The molecule has 10 nitrogen and oxygen atoms in total. The van der Waals surface area contributed by atoms with E-state index in [1.54, 1.807) is 18.2 Å². The molecule has 0 radical (unpaired) electrons. The van der Waals surface area contributed by atoms with Crippen LogP contribution in [0.5, 0.6) is 23.0 Å². The summed E-state index contributed by atoms with van der Waals surface area (Å²) in [4.78, 5) is 39.1. The first-order valence-corrected chi connectivity index (χ1v) is 14.0. The van der Waals surface area contributed by atoms with Crippen molar-refractivity contribution in [2.45, 2.75) is 6.42 Å². The maximum Gasteiger partial charge on any atom is 0.335 e. The fourth-order valence-electron chi connectivity index (χ4n) is 4.35. The topological polar surface area (TPSA) is 124 Å². The number of amides is 2. The molecule has 0 saturated carbocycles. The van der Waals surface area contributed by atoms with Gasteiger partial charge in [-0.2, -0.15) is 0 Å². The number of carboxylic acid groups (broad SMARTS) is 1. The summed E-state index contributed by atoms with van der Waals surface area (Å²) in [5.74, 6) is -3.39. The van der Waals surface area contributed by atoms with Gasteiger partial charge in [-0.25, -0.2) is 13.6 Å². The largest absolute Gasteiger partial charge is 0.494 e. The van der Waals surface area contributed by atoms with Crippen LogP contribution in [-0.4, -0.2) is 67.1 Å². The third kappa shape index (κ3) is 6.76. The standard InChI is InChI=1S/C30H26F2N2O8S2/c1-39-21-12-18(29(37)38)13-22(40-2)26(21)33-25(35)7-8-34-28(36)24(44-30(34)43)14-17-9-16(11-23(41-3)27(17)42-4)15-5-6-19(31)20(32)10-15/h5-6,9-14H,7-8H2,1-4H3,(H,33,35)(H,37,38). The molecule has 1 fully saturated rings. The number of benzene rings is 3. The van der Waals surface area contributed by atoms with Gasteiger partial charge in [0.1, 0.15) is 21.5 Å². The fraction of sp³-hybridized carbons (Fsp3) is 0.200. The van der Waals surface area contributed by atoms with E-state index in [1.807, 2.05) is 0 Å². The molecule has 14 heteroatoms. The summed E-state index contributed by atoms with van der Waals surface area (Å²) in [6.07, 6.45) is 1.39. The maximum absolute atomic E-state index is 14.0. The Morgan fingerprint density at radius 2 is 1.59 bits per heavy atom. The summed E-state index contributed by atoms with van der Waals surface area (Å²) in [5, 5.41) is 12.0. The Balaban J connectivity index is 1.55. The monoisotopic (exact) mass is 644 g/mol. The Morgan fingerprint density at radius 1 is 0.932 bits per heavy atom. The highest BCUT2D eigenvalue weighted by Gasteiger charge is 2.33. The number of hydrogen-bond acceptors (Lipinski definition) is 9. The number of rotatable bonds is 11. The van der Waals surface area contributed by atoms with Crippen LogP contribution in [-0.2, 0) is 9.59 Å². The molecule has 3 aromatic rings. The normalized spacial score (nSPS) is 13.7. The van der Waals surface area contributed by atoms with E-state index in [2.05, 4.69) is 5.32 Å². The minimum atomic E-state index is -1.20. The molecule has 0 atom stereocenters. The van der Waals surface area contributed by atoms with E-state index < -0.39 is 29.4 Å². The van der Waals surface area contributed by atoms with Crippen LogP contribution in [0, 0.1) is 11.6 Å². The Morgan fingerprint density at radius 3 is 2.16 bits per heavy atom. The lowest BCUT2D eigenvalue weighted by atomic mass is 10.0. The maximum atomic E-state index is 14.0. The molecule has 0 unspecified atom stereocenters. The second-order valence-electron chi connectivity index (χ2n) is 9.12. The van der Waals surface area contributed by atoms with Gasteiger partial charge in [0, 0.05) is 18.5 Å². The molecule has 0 aromatic heterocycles. The van der Waals surface area contributed by atoms with Gasteiger partial charge in [-0.3, -0.25) is 14.5 Å². The Hall–Kier alpha value is -4.69. The number of carbonyl (C=O) groups excluding carboxylic acids is 2. The molecule has 230 valence electrons. The van der Waals surface area contributed by atoms with Crippen LogP contribution in [0.15, 0.2) is 47.4 Å². The van der Waals surface area contributed by atoms with Gasteiger partial charge in [0.05, 0.1) is 38.9 Å². The van der Waals surface area contributed by atoms with Crippen molar-refractivity contribution in [1.82, 2.24) is 4.90 Å². The average Bonchev–Trinajstić information content (AvgIpc) is 3.27. The smallest absolute Gasteiger partial charge is 0.335 e. The highest BCUT2D eigenvalue weighted by molar-refractivity contribution is 8.26. The molecule has 1 aliphatic rings. The molecular weight excluding hydrogens is 618 g/mol. The number of methoxy groups -OCH3 is 4. The van der Waals surface area contributed by atoms with Crippen molar-refractivity contribution in [1.29, 1.82) is 0 Å². The van der Waals surface area contributed by atoms with Gasteiger partial charge < -0.3 is 29.4 Å². The lowest BCUT2D eigenvalue weighted by Gasteiger charge is -2.17. The van der Waals surface area contributed by atoms with Crippen molar-refractivity contribution < 1.29 is 47.2 Å². The van der Waals surface area contributed by atoms with Crippen LogP contribution in [0.25, 0.3) is 17.2 Å². The number of halogens is 2. The van der Waals surface area contributed by atoms with Gasteiger partial charge in [-0.05, 0) is 53.6 Å². The lowest BCUT2D eigenvalue weighted by molar-refractivity contribution is -0.122. The van der Waals surface area contributed by atoms with E-state index in [9.17, 15) is 28.3 Å². The highest BCUT2D eigenvalue weighted by atomic mass is 32.2. The van der Waals surface area contributed by atoms with Crippen LogP contribution in [0.1, 0.15) is 22.3 Å². The third-order valence-corrected chi connectivity index (χ3v) is 7.88. The summed E-state index contributed by atoms with van der Waals surface area (Å²) in [6.45, 7) is -0.0545. The SMILES string of the molecule is COc1cc(C(=O)O)cc(OC)c1NC(=O)CCN1C(=O)C(=Cc2cc(-c3ccc(F)c(F)c3)cc(OC)c2OC)SC1=S. The lowest BCUT2D eigenvalue weighted by Crippen LogP contribution is -2.31. The molecule has 1 saturated heterocycles. The van der Waals surface area contributed by atoms with Crippen LogP contribution >= 0.6 is 24.0 Å². The molecule has 0 bridgehead atoms. The van der Waals surface area contributed by atoms with Crippen molar-refractivity contribution in [3.63, 3.8) is 0 Å². The van der Waals surface area contributed by atoms with Crippen molar-refractivity contribution in [2.24, 2.45) is 0 Å². The van der Waals surface area contributed by atoms with E-state index >= 15 is 0 Å². The van der Waals surface area contributed by atoms with Gasteiger partial charge in [0.25, 0.3) is 5.91 Å². The van der Waals surface area contributed by atoms with E-state index in [0.717, 1.165) is 23.9 Å². The number of thiocarbonyl (C=S) groups is 1. The summed E-state index contributed by atoms with van der Waals surface area (Å²) < 4.78 is 49.2. The number of nitrogens with one attached hydrogen (secondary N) is 1. The summed E-state index contributed by atoms with van der Waals surface area (Å²) in [5.41, 5.74) is 1.34. The second kappa shape index (κ2) is 13.7. The quantitative estimate of drug-likeness (QED) is 0.202. The molecular formula is C30H26F2N2O8S2. The average molecular weight is 645 g/mol. The predicted molar refractivity (Wildman–Crippen MR) is 165 cm³/mol. The first-order chi connectivity index (χ1) is 21.0. The Bertz CT molecular complexity index is 1670. The molecule has 2 amide bonds. The zero-order valence-corrected chi connectivity index (χ0v) is 25.5. The van der Waals surface area contributed by atoms with Crippen LogP contribution in [0.2, 0.25) is 0 Å². The number of carboxylic acids is 1. The number of anilines is 1. The first kappa shape index (κ1) is 32.2. The molecule has 4 rings (SSSR count). The van der Waals surface area contributed by atoms with Gasteiger partial charge in [-0.1, -0.05) is 30.0 Å². The van der Waals surface area contributed by atoms with E-state index in [-0.39, 0.29) is 44.9 Å². The number of carbonyl (C=O) groups is 3. The molecule has 44 heavy (non-hydrogen) atoms. The first-order valence-electron chi connectivity index (χ1n) is 12.8. The fourth-order valence-corrected chi connectivity index (χ4v) is 5.65. The predicted octanol–water partition coefficient (Wildman–Crippen LogP) is 5.59. The van der Waals surface area contributed by atoms with Crippen molar-refractivity contribution in [3.05, 3.63) is 70.1 Å². The molecule has 0 aliphatic carbocycles. The Kier molecular flexibility index (Phi) is 10.1. The zero-order valence-electron chi connectivity index (χ0n) is 23.9. The third-order valence-electron chi connectivity index (χ3n) is 6.50. The number of ether oxygens (including phenoxy) is 4. The number of hydrogen-bond donors (Lipinski definition) is 2. The van der Waals surface area contributed by atoms with E-state index in [1.165, 1.54) is 51.5 Å². The van der Waals surface area contributed by atoms with Crippen LogP contribution in [0.3, 0.4) is 0 Å². The van der Waals surface area contributed by atoms with Gasteiger partial charge in [-0.15, -0.1) is 0 Å². The van der Waals surface area contributed by atoms with E-state index in [4.69, 9.17) is 31.2 Å². The summed E-state index contributed by atoms with van der Waals surface area (Å²) >= 11 is 6.44. The van der Waals surface area contributed by atoms with Gasteiger partial charge >= 0.3 is 5.97 Å². The van der Waals surface area contributed by atoms with Gasteiger partial charge in [0.15, 0.2) is 23.1 Å². The number of thioether (sulfide) groups is 1. The summed E-state index contributed by atoms with van der Waals surface area (Å²) in [7, 11) is 5.49. The van der Waals surface area contributed by atoms with Crippen LogP contribution in [0.4, 0.5) is 14.5 Å². The zero-order chi connectivity index (χ0) is 32.1. The van der Waals surface area contributed by atoms with Crippen LogP contribution < -0.4 is 24.3 Å². The summed E-state index contributed by atoms with van der Waals surface area (Å²) in [6, 6.07) is 9.22. The van der Waals surface area contributed by atoms with Crippen molar-refractivity contribution in [2.75, 3.05) is 40.3 Å². The Labute approximate surface area is 260 Å². The molecule has 1 aliphatic heterocycles. The number of nitrogens with zero attached hydrogens (tertiary/aromatic N) is 1. The van der Waals surface area contributed by atoms with Gasteiger partial charge in [0.2, 0.25) is 5.91 Å². The second-order valence-corrected chi connectivity index (χ2v) is 10.8. The van der Waals surface area contributed by atoms with Crippen molar-refractivity contribution in [3.8, 4) is 34.1 Å². The molecule has 3 aromatic carbocycles. The molecule has 1 heterocycles. The molecule has 0 spiro atoms.